The molecule has 0 radical (unpaired) electrons. The van der Waals surface area contributed by atoms with E-state index in [0.29, 0.717) is 0 Å². The monoisotopic (exact) mass is 177 g/mol. The van der Waals surface area contributed by atoms with Crippen molar-refractivity contribution in [1.29, 1.82) is 0 Å². The molecule has 2 nitrogen and oxygen atoms in total. The molecule has 0 bridgehead atoms. The summed E-state index contributed by atoms with van der Waals surface area (Å²) in [5.41, 5.74) is 1.23. The molecule has 1 heterocycles. The quantitative estimate of drug-likeness (QED) is 0.635. The highest BCUT2D eigenvalue weighted by Gasteiger charge is 2.01. The van der Waals surface area contributed by atoms with E-state index < -0.39 is 0 Å². The van der Waals surface area contributed by atoms with Gasteiger partial charge in [0.25, 0.3) is 0 Å². The van der Waals surface area contributed by atoms with E-state index in [1.54, 1.807) is 0 Å². The molecular weight excluding hydrogens is 160 g/mol. The van der Waals surface area contributed by atoms with E-state index in [9.17, 15) is 0 Å². The van der Waals surface area contributed by atoms with Crippen molar-refractivity contribution >= 4 is 6.08 Å². The average Bonchev–Trinajstić information content (AvgIpc) is 2.15. The Labute approximate surface area is 80.1 Å². The molecular formula is C11H17N2+. The second kappa shape index (κ2) is 4.65. The van der Waals surface area contributed by atoms with Crippen LogP contribution in [0.1, 0.15) is 12.6 Å². The van der Waals surface area contributed by atoms with Gasteiger partial charge < -0.3 is 4.90 Å². The molecule has 0 aromatic carbocycles. The van der Waals surface area contributed by atoms with E-state index in [2.05, 4.69) is 48.2 Å². The molecule has 70 valence electrons. The molecule has 1 aromatic heterocycles. The molecule has 0 fully saturated rings. The first kappa shape index (κ1) is 9.78. The summed E-state index contributed by atoms with van der Waals surface area (Å²) in [6.07, 6.45) is 6.26. The number of aromatic nitrogens is 1. The van der Waals surface area contributed by atoms with Gasteiger partial charge in [0.05, 0.1) is 0 Å². The normalized spacial score (nSPS) is 10.7. The highest BCUT2D eigenvalue weighted by atomic mass is 15.0. The standard InChI is InChI=1S/C11H17N2/c1-4-13-9-6-5-7-11(13)8-10-12(2)3/h5-10H,4H2,1-3H3/q+1. The third-order valence-corrected chi connectivity index (χ3v) is 1.86. The SMILES string of the molecule is CC[n+]1ccccc1/C=C/N(C)C. The summed E-state index contributed by atoms with van der Waals surface area (Å²) >= 11 is 0. The molecule has 1 rings (SSSR count). The fraction of sp³-hybridized carbons (Fsp3) is 0.364. The topological polar surface area (TPSA) is 7.12 Å². The second-order valence-corrected chi connectivity index (χ2v) is 3.19. The minimum absolute atomic E-state index is 1.01. The third kappa shape index (κ3) is 2.90. The first-order valence-electron chi connectivity index (χ1n) is 4.57. The van der Waals surface area contributed by atoms with E-state index in [1.165, 1.54) is 5.69 Å². The van der Waals surface area contributed by atoms with Gasteiger partial charge in [0.1, 0.15) is 6.54 Å². The predicted molar refractivity (Wildman–Crippen MR) is 55.0 cm³/mol. The predicted octanol–water partition coefficient (Wildman–Crippen LogP) is 1.53. The Hall–Kier alpha value is -1.31. The molecule has 0 saturated heterocycles. The maximum Gasteiger partial charge on any atom is 0.206 e. The lowest BCUT2D eigenvalue weighted by Gasteiger charge is -2.02. The van der Waals surface area contributed by atoms with Gasteiger partial charge in [-0.2, -0.15) is 4.57 Å². The largest absolute Gasteiger partial charge is 0.383 e. The van der Waals surface area contributed by atoms with Gasteiger partial charge in [0, 0.05) is 38.5 Å². The Kier molecular flexibility index (Phi) is 3.50. The minimum atomic E-state index is 1.01. The molecule has 13 heavy (non-hydrogen) atoms. The zero-order chi connectivity index (χ0) is 9.68. The van der Waals surface area contributed by atoms with Gasteiger partial charge in [-0.3, -0.25) is 0 Å². The smallest absolute Gasteiger partial charge is 0.206 e. The van der Waals surface area contributed by atoms with Crippen molar-refractivity contribution in [2.75, 3.05) is 14.1 Å². The summed E-state index contributed by atoms with van der Waals surface area (Å²) in [6, 6.07) is 6.22. The zero-order valence-corrected chi connectivity index (χ0v) is 8.57. The molecule has 1 aromatic rings. The Morgan fingerprint density at radius 2 is 2.15 bits per heavy atom. The molecule has 2 heteroatoms. The maximum absolute atomic E-state index is 2.21. The van der Waals surface area contributed by atoms with Gasteiger partial charge in [-0.05, 0) is 13.0 Å². The highest BCUT2D eigenvalue weighted by molar-refractivity contribution is 5.40. The van der Waals surface area contributed by atoms with Crippen molar-refractivity contribution in [2.24, 2.45) is 0 Å². The van der Waals surface area contributed by atoms with Gasteiger partial charge in [-0.1, -0.05) is 0 Å². The average molecular weight is 177 g/mol. The van der Waals surface area contributed by atoms with Gasteiger partial charge in [-0.25, -0.2) is 0 Å². The molecule has 0 aliphatic rings. The van der Waals surface area contributed by atoms with Crippen LogP contribution in [0.15, 0.2) is 30.6 Å². The van der Waals surface area contributed by atoms with Gasteiger partial charge in [0.15, 0.2) is 6.20 Å². The third-order valence-electron chi connectivity index (χ3n) is 1.86. The van der Waals surface area contributed by atoms with Crippen LogP contribution in [-0.2, 0) is 6.54 Å². The molecule has 0 spiro atoms. The fourth-order valence-corrected chi connectivity index (χ4v) is 1.15. The number of nitrogens with zero attached hydrogens (tertiary/aromatic N) is 2. The number of rotatable bonds is 3. The fourth-order valence-electron chi connectivity index (χ4n) is 1.15. The van der Waals surface area contributed by atoms with Crippen LogP contribution in [0.2, 0.25) is 0 Å². The van der Waals surface area contributed by atoms with Gasteiger partial charge >= 0.3 is 0 Å². The lowest BCUT2D eigenvalue weighted by molar-refractivity contribution is -0.695. The van der Waals surface area contributed by atoms with Gasteiger partial charge in [0.2, 0.25) is 5.69 Å². The van der Waals surface area contributed by atoms with Crippen LogP contribution >= 0.6 is 0 Å². The van der Waals surface area contributed by atoms with E-state index in [1.807, 2.05) is 19.0 Å². The van der Waals surface area contributed by atoms with Crippen molar-refractivity contribution in [2.45, 2.75) is 13.5 Å². The van der Waals surface area contributed by atoms with Crippen LogP contribution in [0, 0.1) is 0 Å². The van der Waals surface area contributed by atoms with E-state index in [0.717, 1.165) is 6.54 Å². The van der Waals surface area contributed by atoms with Crippen LogP contribution in [0.4, 0.5) is 0 Å². The minimum Gasteiger partial charge on any atom is -0.383 e. The molecule has 0 aliphatic carbocycles. The Morgan fingerprint density at radius 1 is 1.38 bits per heavy atom. The Bertz CT molecular complexity index is 290. The number of pyridine rings is 1. The number of aryl methyl sites for hydroxylation is 1. The maximum atomic E-state index is 2.21. The summed E-state index contributed by atoms with van der Waals surface area (Å²) in [5, 5.41) is 0. The van der Waals surface area contributed by atoms with Crippen molar-refractivity contribution in [3.05, 3.63) is 36.3 Å². The first-order valence-corrected chi connectivity index (χ1v) is 4.57. The van der Waals surface area contributed by atoms with Crippen molar-refractivity contribution < 1.29 is 4.57 Å². The molecule has 0 atom stereocenters. The molecule has 0 unspecified atom stereocenters. The summed E-state index contributed by atoms with van der Waals surface area (Å²) in [6.45, 7) is 3.15. The van der Waals surface area contributed by atoms with Crippen LogP contribution in [0.25, 0.3) is 6.08 Å². The van der Waals surface area contributed by atoms with Crippen molar-refractivity contribution in [1.82, 2.24) is 4.90 Å². The van der Waals surface area contributed by atoms with Crippen molar-refractivity contribution in [3.8, 4) is 0 Å². The van der Waals surface area contributed by atoms with E-state index >= 15 is 0 Å². The summed E-state index contributed by atoms with van der Waals surface area (Å²) in [7, 11) is 4.05. The van der Waals surface area contributed by atoms with E-state index in [4.69, 9.17) is 0 Å². The second-order valence-electron chi connectivity index (χ2n) is 3.19. The lowest BCUT2D eigenvalue weighted by Crippen LogP contribution is -2.34. The summed E-state index contributed by atoms with van der Waals surface area (Å²) in [4.78, 5) is 2.03. The lowest BCUT2D eigenvalue weighted by atomic mass is 10.3. The van der Waals surface area contributed by atoms with Crippen LogP contribution in [-0.4, -0.2) is 19.0 Å². The molecule has 0 aliphatic heterocycles. The first-order chi connectivity index (χ1) is 6.24. The number of hydrogen-bond acceptors (Lipinski definition) is 1. The highest BCUT2D eigenvalue weighted by Crippen LogP contribution is 1.95. The van der Waals surface area contributed by atoms with Gasteiger partial charge in [-0.15, -0.1) is 0 Å². The molecule has 0 N–H and O–H groups in total. The summed E-state index contributed by atoms with van der Waals surface area (Å²) in [5.74, 6) is 0. The zero-order valence-electron chi connectivity index (χ0n) is 8.57. The molecule has 0 amide bonds. The Balaban J connectivity index is 2.87. The van der Waals surface area contributed by atoms with Crippen LogP contribution < -0.4 is 4.57 Å². The Morgan fingerprint density at radius 3 is 2.77 bits per heavy atom. The van der Waals surface area contributed by atoms with Crippen molar-refractivity contribution in [3.63, 3.8) is 0 Å². The molecule has 0 saturated carbocycles. The summed E-state index contributed by atoms with van der Waals surface area (Å²) < 4.78 is 2.21. The van der Waals surface area contributed by atoms with Crippen LogP contribution in [0.3, 0.4) is 0 Å². The van der Waals surface area contributed by atoms with E-state index in [-0.39, 0.29) is 0 Å². The van der Waals surface area contributed by atoms with Crippen LogP contribution in [0.5, 0.6) is 0 Å². The number of hydrogen-bond donors (Lipinski definition) is 0.